The van der Waals surface area contributed by atoms with E-state index in [2.05, 4.69) is 78.7 Å². The van der Waals surface area contributed by atoms with Crippen molar-refractivity contribution in [3.05, 3.63) is 66.0 Å². The van der Waals surface area contributed by atoms with Crippen LogP contribution in [0.1, 0.15) is 12.5 Å². The van der Waals surface area contributed by atoms with Crippen molar-refractivity contribution in [1.82, 2.24) is 9.80 Å². The first-order valence-corrected chi connectivity index (χ1v) is 5.90. The molecule has 0 spiro atoms. The lowest BCUT2D eigenvalue weighted by Gasteiger charge is -2.32. The van der Waals surface area contributed by atoms with Gasteiger partial charge in [-0.1, -0.05) is 36.4 Å². The van der Waals surface area contributed by atoms with Crippen LogP contribution < -0.4 is 0 Å². The summed E-state index contributed by atoms with van der Waals surface area (Å²) >= 11 is 0. The normalized spacial score (nSPS) is 22.4. The third kappa shape index (κ3) is 1.57. The van der Waals surface area contributed by atoms with Crippen LogP contribution in [-0.4, -0.2) is 23.0 Å². The fourth-order valence-electron chi connectivity index (χ4n) is 2.57. The second kappa shape index (κ2) is 3.81. The maximum Gasteiger partial charge on any atom is 0.127 e. The van der Waals surface area contributed by atoms with Crippen molar-refractivity contribution in [3.8, 4) is 0 Å². The van der Waals surface area contributed by atoms with Crippen LogP contribution in [0.3, 0.4) is 0 Å². The predicted molar refractivity (Wildman–Crippen MR) is 70.7 cm³/mol. The molecule has 0 saturated carbocycles. The number of hydrogen-bond acceptors (Lipinski definition) is 2. The molecular formula is C15H16N2. The van der Waals surface area contributed by atoms with Crippen LogP contribution >= 0.6 is 0 Å². The monoisotopic (exact) mass is 224 g/mol. The fourth-order valence-corrected chi connectivity index (χ4v) is 2.57. The van der Waals surface area contributed by atoms with Crippen molar-refractivity contribution in [2.24, 2.45) is 0 Å². The zero-order chi connectivity index (χ0) is 11.8. The molecule has 3 rings (SSSR count). The van der Waals surface area contributed by atoms with E-state index < -0.39 is 0 Å². The minimum Gasteiger partial charge on any atom is -0.349 e. The molecule has 0 N–H and O–H groups in total. The van der Waals surface area contributed by atoms with Gasteiger partial charge in [0.05, 0.1) is 5.70 Å². The topological polar surface area (TPSA) is 6.48 Å². The lowest BCUT2D eigenvalue weighted by molar-refractivity contribution is 0.269. The van der Waals surface area contributed by atoms with Crippen molar-refractivity contribution in [2.75, 3.05) is 7.05 Å². The Morgan fingerprint density at radius 3 is 2.59 bits per heavy atom. The third-order valence-electron chi connectivity index (χ3n) is 3.39. The maximum atomic E-state index is 2.32. The van der Waals surface area contributed by atoms with E-state index in [0.29, 0.717) is 6.17 Å². The van der Waals surface area contributed by atoms with Gasteiger partial charge in [-0.05, 0) is 24.1 Å². The molecule has 2 nitrogen and oxygen atoms in total. The molecule has 86 valence electrons. The molecule has 1 atom stereocenters. The van der Waals surface area contributed by atoms with E-state index in [0.717, 1.165) is 0 Å². The lowest BCUT2D eigenvalue weighted by atomic mass is 10.1. The Bertz CT molecular complexity index is 511. The first kappa shape index (κ1) is 10.2. The van der Waals surface area contributed by atoms with Crippen LogP contribution in [0.4, 0.5) is 0 Å². The molecule has 0 fully saturated rings. The van der Waals surface area contributed by atoms with Gasteiger partial charge in [0.1, 0.15) is 6.17 Å². The lowest BCUT2D eigenvalue weighted by Crippen LogP contribution is -2.36. The highest BCUT2D eigenvalue weighted by Crippen LogP contribution is 2.33. The summed E-state index contributed by atoms with van der Waals surface area (Å²) in [7, 11) is 2.15. The van der Waals surface area contributed by atoms with Crippen LogP contribution in [-0.2, 0) is 0 Å². The molecule has 0 saturated heterocycles. The molecule has 0 bridgehead atoms. The number of fused-ring (bicyclic) bond motifs is 1. The average molecular weight is 224 g/mol. The first-order valence-electron chi connectivity index (χ1n) is 5.90. The van der Waals surface area contributed by atoms with Crippen molar-refractivity contribution in [2.45, 2.75) is 13.1 Å². The average Bonchev–Trinajstić information content (AvgIpc) is 2.69. The molecule has 1 aromatic rings. The Morgan fingerprint density at radius 1 is 1.12 bits per heavy atom. The van der Waals surface area contributed by atoms with Gasteiger partial charge in [0.2, 0.25) is 0 Å². The Balaban J connectivity index is 1.99. The van der Waals surface area contributed by atoms with Crippen molar-refractivity contribution in [3.63, 3.8) is 0 Å². The summed E-state index contributed by atoms with van der Waals surface area (Å²) < 4.78 is 0. The van der Waals surface area contributed by atoms with Crippen molar-refractivity contribution >= 4 is 5.70 Å². The van der Waals surface area contributed by atoms with Gasteiger partial charge >= 0.3 is 0 Å². The van der Waals surface area contributed by atoms with Gasteiger partial charge < -0.3 is 9.80 Å². The van der Waals surface area contributed by atoms with Gasteiger partial charge in [0.25, 0.3) is 0 Å². The molecular weight excluding hydrogens is 208 g/mol. The van der Waals surface area contributed by atoms with Crippen LogP contribution in [0.25, 0.3) is 5.70 Å². The van der Waals surface area contributed by atoms with E-state index in [1.807, 2.05) is 0 Å². The molecule has 1 unspecified atom stereocenters. The molecule has 2 heterocycles. The van der Waals surface area contributed by atoms with Gasteiger partial charge in [0, 0.05) is 19.4 Å². The summed E-state index contributed by atoms with van der Waals surface area (Å²) in [5, 5.41) is 0. The van der Waals surface area contributed by atoms with Gasteiger partial charge in [-0.2, -0.15) is 0 Å². The summed E-state index contributed by atoms with van der Waals surface area (Å²) in [6, 6.07) is 10.5. The Morgan fingerprint density at radius 2 is 1.88 bits per heavy atom. The highest BCUT2D eigenvalue weighted by molar-refractivity contribution is 5.66. The maximum absolute atomic E-state index is 2.32. The standard InChI is InChI=1S/C15H16N2/c1-12-7-6-10-17-11-14(16(2)15(12)17)13-8-4-3-5-9-13/h3-11,15H,1-2H3. The van der Waals surface area contributed by atoms with E-state index in [1.54, 1.807) is 0 Å². The minimum atomic E-state index is 0.343. The van der Waals surface area contributed by atoms with Crippen LogP contribution in [0.5, 0.6) is 0 Å². The summed E-state index contributed by atoms with van der Waals surface area (Å²) in [5.74, 6) is 0. The molecule has 0 radical (unpaired) electrons. The second-order valence-corrected chi connectivity index (χ2v) is 4.56. The van der Waals surface area contributed by atoms with Crippen LogP contribution in [0.15, 0.2) is 60.5 Å². The molecule has 0 aliphatic carbocycles. The van der Waals surface area contributed by atoms with Crippen LogP contribution in [0.2, 0.25) is 0 Å². The van der Waals surface area contributed by atoms with E-state index in [4.69, 9.17) is 0 Å². The molecule has 2 heteroatoms. The Labute approximate surface area is 102 Å². The Kier molecular flexibility index (Phi) is 2.29. The molecule has 2 aliphatic heterocycles. The predicted octanol–water partition coefficient (Wildman–Crippen LogP) is 3.03. The largest absolute Gasteiger partial charge is 0.349 e. The molecule has 0 amide bonds. The van der Waals surface area contributed by atoms with Crippen molar-refractivity contribution in [1.29, 1.82) is 0 Å². The second-order valence-electron chi connectivity index (χ2n) is 4.56. The number of nitrogens with zero attached hydrogens (tertiary/aromatic N) is 2. The summed E-state index contributed by atoms with van der Waals surface area (Å²) in [5.41, 5.74) is 3.91. The van der Waals surface area contributed by atoms with Crippen LogP contribution in [0, 0.1) is 0 Å². The molecule has 17 heavy (non-hydrogen) atoms. The minimum absolute atomic E-state index is 0.343. The van der Waals surface area contributed by atoms with Gasteiger partial charge in [0.15, 0.2) is 0 Å². The van der Waals surface area contributed by atoms with E-state index in [-0.39, 0.29) is 0 Å². The van der Waals surface area contributed by atoms with Gasteiger partial charge in [-0.15, -0.1) is 0 Å². The molecule has 1 aromatic carbocycles. The summed E-state index contributed by atoms with van der Waals surface area (Å²) in [6.45, 7) is 2.18. The number of hydrogen-bond donors (Lipinski definition) is 0. The third-order valence-corrected chi connectivity index (χ3v) is 3.39. The zero-order valence-electron chi connectivity index (χ0n) is 10.2. The van der Waals surface area contributed by atoms with Crippen molar-refractivity contribution < 1.29 is 0 Å². The summed E-state index contributed by atoms with van der Waals surface area (Å²) in [6.07, 6.45) is 8.97. The van der Waals surface area contributed by atoms with Gasteiger partial charge in [-0.25, -0.2) is 0 Å². The smallest absolute Gasteiger partial charge is 0.127 e. The number of rotatable bonds is 1. The van der Waals surface area contributed by atoms with E-state index in [9.17, 15) is 0 Å². The van der Waals surface area contributed by atoms with E-state index >= 15 is 0 Å². The number of allylic oxidation sites excluding steroid dienone is 2. The summed E-state index contributed by atoms with van der Waals surface area (Å²) in [4.78, 5) is 4.59. The highest BCUT2D eigenvalue weighted by atomic mass is 15.4. The molecule has 0 aromatic heterocycles. The number of benzene rings is 1. The Hall–Kier alpha value is -1.96. The number of likely N-dealkylation sites (N-methyl/N-ethyl adjacent to an activating group) is 1. The molecule has 2 aliphatic rings. The highest BCUT2D eigenvalue weighted by Gasteiger charge is 2.30. The van der Waals surface area contributed by atoms with E-state index in [1.165, 1.54) is 16.8 Å². The zero-order valence-corrected chi connectivity index (χ0v) is 10.2. The van der Waals surface area contributed by atoms with Gasteiger partial charge in [-0.3, -0.25) is 0 Å². The fraction of sp³-hybridized carbons (Fsp3) is 0.200. The quantitative estimate of drug-likeness (QED) is 0.723. The first-order chi connectivity index (χ1) is 8.27. The SMILES string of the molecule is CC1=CC=CN2C=C(c3ccccc3)N(C)C12.